The molecule has 18 heavy (non-hydrogen) atoms. The number of aromatic nitrogens is 1. The van der Waals surface area contributed by atoms with E-state index in [0.29, 0.717) is 6.42 Å². The first-order chi connectivity index (χ1) is 8.58. The zero-order chi connectivity index (χ0) is 13.3. The number of hydrogen-bond donors (Lipinski definition) is 1. The fourth-order valence-electron chi connectivity index (χ4n) is 1.90. The fourth-order valence-corrected chi connectivity index (χ4v) is 2.52. The summed E-state index contributed by atoms with van der Waals surface area (Å²) in [6.07, 6.45) is 9.98. The highest BCUT2D eigenvalue weighted by Gasteiger charge is 2.01. The monoisotopic (exact) mass is 271 g/mol. The van der Waals surface area contributed by atoms with Crippen molar-refractivity contribution >= 4 is 7.60 Å². The number of aryl methyl sites for hydroxylation is 1. The summed E-state index contributed by atoms with van der Waals surface area (Å²) >= 11 is 0. The predicted molar refractivity (Wildman–Crippen MR) is 69.0 cm³/mol. The Morgan fingerprint density at radius 3 is 2.11 bits per heavy atom. The van der Waals surface area contributed by atoms with Crippen molar-refractivity contribution in [2.45, 2.75) is 45.1 Å². The summed E-state index contributed by atoms with van der Waals surface area (Å²) in [5, 5.41) is 0. The zero-order valence-electron chi connectivity index (χ0n) is 10.7. The van der Waals surface area contributed by atoms with Gasteiger partial charge in [0.1, 0.15) is 14.1 Å². The van der Waals surface area contributed by atoms with Crippen molar-refractivity contribution in [3.8, 4) is 0 Å². The van der Waals surface area contributed by atoms with E-state index in [1.807, 2.05) is 18.2 Å². The number of unbranched alkanes of at least 4 members (excludes halogenated alkanes) is 5. The van der Waals surface area contributed by atoms with Gasteiger partial charge in [0.05, 0.1) is 0 Å². The summed E-state index contributed by atoms with van der Waals surface area (Å²) in [5.41, 5.74) is 0. The second kappa shape index (κ2) is 8.41. The molecule has 1 N–H and O–H groups in total. The molecule has 0 aliphatic rings. The molecule has 0 fully saturated rings. The van der Waals surface area contributed by atoms with Gasteiger partial charge >= 0.3 is 0 Å². The van der Waals surface area contributed by atoms with Crippen molar-refractivity contribution in [3.63, 3.8) is 0 Å². The van der Waals surface area contributed by atoms with Crippen molar-refractivity contribution < 1.29 is 18.9 Å². The van der Waals surface area contributed by atoms with Crippen molar-refractivity contribution in [2.75, 3.05) is 6.16 Å². The molecular formula is C13H22NO3P. The normalized spacial score (nSPS) is 14.3. The molecule has 1 aromatic heterocycles. The Labute approximate surface area is 109 Å². The molecule has 0 radical (unpaired) electrons. The minimum atomic E-state index is -4.02. The van der Waals surface area contributed by atoms with E-state index in [1.165, 1.54) is 0 Å². The predicted octanol–water partition coefficient (Wildman–Crippen LogP) is 1.86. The molecule has 0 aromatic carbocycles. The van der Waals surface area contributed by atoms with Crippen LogP contribution in [0.4, 0.5) is 0 Å². The second-order valence-electron chi connectivity index (χ2n) is 4.60. The van der Waals surface area contributed by atoms with Crippen molar-refractivity contribution in [3.05, 3.63) is 30.6 Å². The van der Waals surface area contributed by atoms with Crippen LogP contribution in [-0.2, 0) is 11.1 Å². The summed E-state index contributed by atoms with van der Waals surface area (Å²) in [6.45, 7) is 1.03. The molecule has 4 nitrogen and oxygen atoms in total. The van der Waals surface area contributed by atoms with Crippen LogP contribution in [0.5, 0.6) is 0 Å². The van der Waals surface area contributed by atoms with E-state index in [4.69, 9.17) is 4.89 Å². The number of rotatable bonds is 9. The molecule has 0 spiro atoms. The van der Waals surface area contributed by atoms with Crippen LogP contribution in [0.1, 0.15) is 38.5 Å². The van der Waals surface area contributed by atoms with Crippen LogP contribution in [0, 0.1) is 0 Å². The Hall–Kier alpha value is -0.700. The molecule has 0 saturated heterocycles. The Morgan fingerprint density at radius 1 is 0.944 bits per heavy atom. The lowest BCUT2D eigenvalue weighted by Gasteiger charge is -2.14. The van der Waals surface area contributed by atoms with Crippen molar-refractivity contribution in [2.24, 2.45) is 0 Å². The first-order valence-electron chi connectivity index (χ1n) is 6.55. The van der Waals surface area contributed by atoms with Crippen molar-refractivity contribution in [1.29, 1.82) is 0 Å². The third-order valence-electron chi connectivity index (χ3n) is 2.88. The number of pyridine rings is 1. The molecular weight excluding hydrogens is 249 g/mol. The topological polar surface area (TPSA) is 64.2 Å². The Bertz CT molecular complexity index is 364. The molecule has 1 unspecified atom stereocenters. The van der Waals surface area contributed by atoms with Gasteiger partial charge in [0.25, 0.3) is 0 Å². The Kier molecular flexibility index (Phi) is 7.18. The number of nitrogens with zero attached hydrogens (tertiary/aromatic N) is 1. The maximum Gasteiger partial charge on any atom is 0.168 e. The maximum absolute atomic E-state index is 10.5. The smallest absolute Gasteiger partial charge is 0.168 e. The average molecular weight is 271 g/mol. The van der Waals surface area contributed by atoms with Gasteiger partial charge in [-0.2, -0.15) is 0 Å². The van der Waals surface area contributed by atoms with Gasteiger partial charge < -0.3 is 14.4 Å². The van der Waals surface area contributed by atoms with Gasteiger partial charge in [-0.15, -0.1) is 0 Å². The van der Waals surface area contributed by atoms with Crippen LogP contribution < -0.4 is 9.46 Å². The minimum Gasteiger partial charge on any atom is -0.779 e. The van der Waals surface area contributed by atoms with E-state index in [0.717, 1.165) is 38.6 Å². The molecule has 0 saturated carbocycles. The standard InChI is InChI=1S/C13H22NO3P/c15-18(16,17)13-9-4-2-1-3-6-10-14-11-7-5-8-12-14/h5,7-8,11-12H,1-4,6,9-10,13H2,(H-,15,16,17). The first-order valence-corrected chi connectivity index (χ1v) is 8.31. The van der Waals surface area contributed by atoms with Gasteiger partial charge in [0.2, 0.25) is 0 Å². The van der Waals surface area contributed by atoms with Gasteiger partial charge in [-0.3, -0.25) is 0 Å². The second-order valence-corrected chi connectivity index (χ2v) is 6.32. The van der Waals surface area contributed by atoms with E-state index >= 15 is 0 Å². The van der Waals surface area contributed by atoms with Crippen LogP contribution in [0.3, 0.4) is 0 Å². The molecule has 1 aromatic rings. The molecule has 1 heterocycles. The third kappa shape index (κ3) is 8.40. The summed E-state index contributed by atoms with van der Waals surface area (Å²) < 4.78 is 12.7. The van der Waals surface area contributed by atoms with Gasteiger partial charge in [0, 0.05) is 24.7 Å². The zero-order valence-corrected chi connectivity index (χ0v) is 11.6. The SMILES string of the molecule is O=P([O-])(O)CCCCCCCC[n+]1ccccc1. The summed E-state index contributed by atoms with van der Waals surface area (Å²) in [7, 11) is -4.02. The highest BCUT2D eigenvalue weighted by molar-refractivity contribution is 7.50. The first kappa shape index (κ1) is 15.4. The van der Waals surface area contributed by atoms with Crippen LogP contribution in [-0.4, -0.2) is 11.1 Å². The minimum absolute atomic E-state index is 0.0765. The van der Waals surface area contributed by atoms with E-state index in [-0.39, 0.29) is 6.16 Å². The van der Waals surface area contributed by atoms with Crippen LogP contribution in [0.25, 0.3) is 0 Å². The summed E-state index contributed by atoms with van der Waals surface area (Å²) in [5.74, 6) is 0. The lowest BCUT2D eigenvalue weighted by atomic mass is 10.1. The fraction of sp³-hybridized carbons (Fsp3) is 0.615. The lowest BCUT2D eigenvalue weighted by Crippen LogP contribution is -2.32. The lowest BCUT2D eigenvalue weighted by molar-refractivity contribution is -0.697. The molecule has 0 aliphatic heterocycles. The quantitative estimate of drug-likeness (QED) is 0.423. The highest BCUT2D eigenvalue weighted by Crippen LogP contribution is 2.30. The molecule has 0 aliphatic carbocycles. The molecule has 102 valence electrons. The number of hydrogen-bond acceptors (Lipinski definition) is 2. The Balaban J connectivity index is 1.92. The largest absolute Gasteiger partial charge is 0.779 e. The maximum atomic E-state index is 10.5. The average Bonchev–Trinajstić information content (AvgIpc) is 2.32. The van der Waals surface area contributed by atoms with Crippen LogP contribution >= 0.6 is 7.60 Å². The molecule has 5 heteroatoms. The van der Waals surface area contributed by atoms with E-state index in [1.54, 1.807) is 0 Å². The summed E-state index contributed by atoms with van der Waals surface area (Å²) in [4.78, 5) is 19.1. The van der Waals surface area contributed by atoms with Gasteiger partial charge in [0.15, 0.2) is 12.4 Å². The van der Waals surface area contributed by atoms with E-state index in [2.05, 4.69) is 17.0 Å². The van der Waals surface area contributed by atoms with Crippen LogP contribution in [0.2, 0.25) is 0 Å². The molecule has 1 atom stereocenters. The van der Waals surface area contributed by atoms with E-state index < -0.39 is 7.60 Å². The molecule has 1 rings (SSSR count). The van der Waals surface area contributed by atoms with E-state index in [9.17, 15) is 9.46 Å². The van der Waals surface area contributed by atoms with Gasteiger partial charge in [-0.1, -0.05) is 25.3 Å². The Morgan fingerprint density at radius 2 is 1.50 bits per heavy atom. The van der Waals surface area contributed by atoms with Gasteiger partial charge in [-0.25, -0.2) is 4.57 Å². The molecule has 0 amide bonds. The highest BCUT2D eigenvalue weighted by atomic mass is 31.2. The van der Waals surface area contributed by atoms with Gasteiger partial charge in [-0.05, 0) is 12.8 Å². The molecule has 0 bridgehead atoms. The third-order valence-corrected chi connectivity index (χ3v) is 3.77. The van der Waals surface area contributed by atoms with Crippen molar-refractivity contribution in [1.82, 2.24) is 0 Å². The van der Waals surface area contributed by atoms with Crippen LogP contribution in [0.15, 0.2) is 30.6 Å². The summed E-state index contributed by atoms with van der Waals surface area (Å²) in [6, 6.07) is 6.05.